The molecule has 1 atom stereocenters. The van der Waals surface area contributed by atoms with Crippen molar-refractivity contribution in [3.8, 4) is 0 Å². The lowest BCUT2D eigenvalue weighted by atomic mass is 10.0. The summed E-state index contributed by atoms with van der Waals surface area (Å²) in [6.45, 7) is 2.95. The highest BCUT2D eigenvalue weighted by Gasteiger charge is 2.28. The Labute approximate surface area is 119 Å². The van der Waals surface area contributed by atoms with Gasteiger partial charge in [-0.2, -0.15) is 0 Å². The van der Waals surface area contributed by atoms with Crippen LogP contribution in [0.15, 0.2) is 24.3 Å². The predicted octanol–water partition coefficient (Wildman–Crippen LogP) is 1.27. The van der Waals surface area contributed by atoms with E-state index in [0.29, 0.717) is 0 Å². The number of anilines is 1. The summed E-state index contributed by atoms with van der Waals surface area (Å²) in [4.78, 5) is 25.3. The monoisotopic (exact) mass is 275 g/mol. The van der Waals surface area contributed by atoms with Gasteiger partial charge in [-0.1, -0.05) is 24.1 Å². The maximum Gasteiger partial charge on any atom is 0.238 e. The van der Waals surface area contributed by atoms with E-state index in [9.17, 15) is 9.59 Å². The Hall–Kier alpha value is -1.88. The molecule has 0 radical (unpaired) electrons. The number of hydrogen-bond acceptors (Lipinski definition) is 3. The van der Waals surface area contributed by atoms with Crippen LogP contribution in [-0.2, 0) is 9.59 Å². The molecule has 20 heavy (non-hydrogen) atoms. The minimum Gasteiger partial charge on any atom is -0.368 e. The summed E-state index contributed by atoms with van der Waals surface area (Å²) in [5, 5.41) is 2.84. The van der Waals surface area contributed by atoms with Crippen molar-refractivity contribution in [2.75, 3.05) is 18.4 Å². The van der Waals surface area contributed by atoms with Crippen molar-refractivity contribution in [3.63, 3.8) is 0 Å². The summed E-state index contributed by atoms with van der Waals surface area (Å²) in [5.41, 5.74) is 7.31. The zero-order valence-electron chi connectivity index (χ0n) is 11.8. The lowest BCUT2D eigenvalue weighted by Gasteiger charge is -2.32. The van der Waals surface area contributed by atoms with E-state index in [2.05, 4.69) is 5.32 Å². The molecule has 1 aromatic rings. The highest BCUT2D eigenvalue weighted by molar-refractivity contribution is 5.92. The van der Waals surface area contributed by atoms with Crippen molar-refractivity contribution in [2.24, 2.45) is 5.73 Å². The van der Waals surface area contributed by atoms with Gasteiger partial charge < -0.3 is 11.1 Å². The molecule has 0 aliphatic carbocycles. The maximum atomic E-state index is 12.0. The number of aryl methyl sites for hydroxylation is 1. The van der Waals surface area contributed by atoms with Crippen molar-refractivity contribution in [2.45, 2.75) is 32.2 Å². The van der Waals surface area contributed by atoms with Gasteiger partial charge in [-0.05, 0) is 38.4 Å². The van der Waals surface area contributed by atoms with Crippen LogP contribution in [0.1, 0.15) is 24.8 Å². The molecule has 1 saturated heterocycles. The first-order chi connectivity index (χ1) is 9.56. The molecule has 0 saturated carbocycles. The minimum atomic E-state index is -0.340. The van der Waals surface area contributed by atoms with Crippen LogP contribution in [-0.4, -0.2) is 35.8 Å². The first kappa shape index (κ1) is 14.5. The van der Waals surface area contributed by atoms with Crippen LogP contribution >= 0.6 is 0 Å². The summed E-state index contributed by atoms with van der Waals surface area (Å²) < 4.78 is 0. The second-order valence-electron chi connectivity index (χ2n) is 5.30. The average molecular weight is 275 g/mol. The van der Waals surface area contributed by atoms with Gasteiger partial charge in [0.1, 0.15) is 0 Å². The lowest BCUT2D eigenvalue weighted by Crippen LogP contribution is -2.50. The molecule has 1 aliphatic rings. The van der Waals surface area contributed by atoms with Crippen LogP contribution in [0.3, 0.4) is 0 Å². The van der Waals surface area contributed by atoms with E-state index in [1.165, 1.54) is 0 Å². The number of carbonyl (C=O) groups excluding carboxylic acids is 2. The largest absolute Gasteiger partial charge is 0.368 e. The van der Waals surface area contributed by atoms with E-state index >= 15 is 0 Å². The molecule has 1 fully saturated rings. The number of benzene rings is 1. The third kappa shape index (κ3) is 3.81. The minimum absolute atomic E-state index is 0.109. The Balaban J connectivity index is 1.92. The quantitative estimate of drug-likeness (QED) is 0.869. The third-order valence-electron chi connectivity index (χ3n) is 3.62. The van der Waals surface area contributed by atoms with Crippen molar-refractivity contribution in [1.29, 1.82) is 0 Å². The molecule has 2 amide bonds. The zero-order chi connectivity index (χ0) is 14.5. The van der Waals surface area contributed by atoms with Crippen LogP contribution in [0, 0.1) is 6.92 Å². The fourth-order valence-corrected chi connectivity index (χ4v) is 2.52. The lowest BCUT2D eigenvalue weighted by molar-refractivity contribution is -0.126. The van der Waals surface area contributed by atoms with E-state index in [1.807, 2.05) is 36.1 Å². The molecule has 0 spiro atoms. The Bertz CT molecular complexity index is 484. The highest BCUT2D eigenvalue weighted by Crippen LogP contribution is 2.16. The molecule has 0 unspecified atom stereocenters. The average Bonchev–Trinajstić information content (AvgIpc) is 2.41. The van der Waals surface area contributed by atoms with Crippen molar-refractivity contribution in [3.05, 3.63) is 29.8 Å². The van der Waals surface area contributed by atoms with Gasteiger partial charge in [-0.25, -0.2) is 0 Å². The Morgan fingerprint density at radius 1 is 1.30 bits per heavy atom. The van der Waals surface area contributed by atoms with Crippen molar-refractivity contribution < 1.29 is 9.59 Å². The van der Waals surface area contributed by atoms with Gasteiger partial charge in [0.25, 0.3) is 0 Å². The molecule has 2 rings (SSSR count). The second kappa shape index (κ2) is 6.52. The van der Waals surface area contributed by atoms with Crippen molar-refractivity contribution in [1.82, 2.24) is 4.90 Å². The molecule has 108 valence electrons. The number of carbonyl (C=O) groups is 2. The number of piperidine rings is 1. The fraction of sp³-hybridized carbons (Fsp3) is 0.467. The van der Waals surface area contributed by atoms with Crippen LogP contribution in [0.4, 0.5) is 5.69 Å². The third-order valence-corrected chi connectivity index (χ3v) is 3.62. The first-order valence-electron chi connectivity index (χ1n) is 6.96. The zero-order valence-corrected chi connectivity index (χ0v) is 11.8. The molecule has 0 bridgehead atoms. The standard InChI is InChI=1S/C15H21N3O2/c1-11-5-7-12(8-6-11)17-14(19)10-18-9-3-2-4-13(18)15(16)20/h5-8,13H,2-4,9-10H2,1H3,(H2,16,20)(H,17,19)/t13-/m1/s1. The Morgan fingerprint density at radius 2 is 2.00 bits per heavy atom. The number of likely N-dealkylation sites (tertiary alicyclic amines) is 1. The van der Waals surface area contributed by atoms with E-state index in [-0.39, 0.29) is 24.4 Å². The number of amides is 2. The summed E-state index contributed by atoms with van der Waals surface area (Å²) in [6.07, 6.45) is 2.73. The molecule has 0 aromatic heterocycles. The fourth-order valence-electron chi connectivity index (χ4n) is 2.52. The van der Waals surface area contributed by atoms with Gasteiger partial charge in [-0.15, -0.1) is 0 Å². The number of primary amides is 1. The molecule has 5 heteroatoms. The maximum absolute atomic E-state index is 12.0. The molecular weight excluding hydrogens is 254 g/mol. The van der Waals surface area contributed by atoms with Gasteiger partial charge in [0.2, 0.25) is 11.8 Å². The van der Waals surface area contributed by atoms with Crippen LogP contribution in [0.5, 0.6) is 0 Å². The van der Waals surface area contributed by atoms with Gasteiger partial charge in [0, 0.05) is 5.69 Å². The summed E-state index contributed by atoms with van der Waals surface area (Å²) >= 11 is 0. The number of nitrogens with zero attached hydrogens (tertiary/aromatic N) is 1. The van der Waals surface area contributed by atoms with E-state index in [0.717, 1.165) is 37.1 Å². The molecule has 1 aromatic carbocycles. The molecule has 1 aliphatic heterocycles. The summed E-state index contributed by atoms with van der Waals surface area (Å²) in [6, 6.07) is 7.32. The van der Waals surface area contributed by atoms with Gasteiger partial charge in [0.15, 0.2) is 0 Å². The van der Waals surface area contributed by atoms with Gasteiger partial charge in [0.05, 0.1) is 12.6 Å². The van der Waals surface area contributed by atoms with E-state index < -0.39 is 0 Å². The van der Waals surface area contributed by atoms with Crippen LogP contribution in [0.2, 0.25) is 0 Å². The molecular formula is C15H21N3O2. The van der Waals surface area contributed by atoms with Crippen LogP contribution in [0.25, 0.3) is 0 Å². The van der Waals surface area contributed by atoms with Gasteiger partial charge in [-0.3, -0.25) is 14.5 Å². The number of rotatable bonds is 4. The number of hydrogen-bond donors (Lipinski definition) is 2. The molecule has 5 nitrogen and oxygen atoms in total. The predicted molar refractivity (Wildman–Crippen MR) is 78.2 cm³/mol. The number of nitrogens with one attached hydrogen (secondary N) is 1. The van der Waals surface area contributed by atoms with Crippen LogP contribution < -0.4 is 11.1 Å². The Morgan fingerprint density at radius 3 is 2.65 bits per heavy atom. The van der Waals surface area contributed by atoms with E-state index in [1.54, 1.807) is 0 Å². The van der Waals surface area contributed by atoms with Crippen molar-refractivity contribution >= 4 is 17.5 Å². The summed E-state index contributed by atoms with van der Waals surface area (Å²) in [5.74, 6) is -0.449. The van der Waals surface area contributed by atoms with E-state index in [4.69, 9.17) is 5.73 Å². The molecule has 1 heterocycles. The summed E-state index contributed by atoms with van der Waals surface area (Å²) in [7, 11) is 0. The topological polar surface area (TPSA) is 75.4 Å². The second-order valence-corrected chi connectivity index (χ2v) is 5.30. The SMILES string of the molecule is Cc1ccc(NC(=O)CN2CCCC[C@@H]2C(N)=O)cc1. The van der Waals surface area contributed by atoms with Gasteiger partial charge >= 0.3 is 0 Å². The smallest absolute Gasteiger partial charge is 0.238 e. The first-order valence-corrected chi connectivity index (χ1v) is 6.96. The molecule has 3 N–H and O–H groups in total. The highest BCUT2D eigenvalue weighted by atomic mass is 16.2. The number of nitrogens with two attached hydrogens (primary N) is 1. The normalized spacial score (nSPS) is 19.6. The Kier molecular flexibility index (Phi) is 4.74.